The van der Waals surface area contributed by atoms with Crippen LogP contribution in [0.3, 0.4) is 0 Å². The third kappa shape index (κ3) is 3.93. The highest BCUT2D eigenvalue weighted by Crippen LogP contribution is 2.32. The Kier molecular flexibility index (Phi) is 5.71. The first-order valence-corrected chi connectivity index (χ1v) is 10.3. The van der Waals surface area contributed by atoms with Crippen LogP contribution in [0.5, 0.6) is 0 Å². The van der Waals surface area contributed by atoms with Gasteiger partial charge in [0.25, 0.3) is 0 Å². The molecular formula is C27H27N2+. The van der Waals surface area contributed by atoms with Crippen LogP contribution in [0, 0.1) is 0 Å². The van der Waals surface area contributed by atoms with Gasteiger partial charge in [-0.3, -0.25) is 0 Å². The minimum Gasteiger partial charge on any atom is -0.348 e. The van der Waals surface area contributed by atoms with E-state index in [4.69, 9.17) is 0 Å². The molecule has 0 fully saturated rings. The summed E-state index contributed by atoms with van der Waals surface area (Å²) in [4.78, 5) is 2.28. The second kappa shape index (κ2) is 8.74. The van der Waals surface area contributed by atoms with Crippen LogP contribution in [0.2, 0.25) is 0 Å². The second-order valence-corrected chi connectivity index (χ2v) is 7.06. The van der Waals surface area contributed by atoms with Crippen LogP contribution in [0.25, 0.3) is 22.6 Å². The number of rotatable bonds is 5. The fourth-order valence-corrected chi connectivity index (χ4v) is 3.84. The molecule has 0 saturated carbocycles. The lowest BCUT2D eigenvalue weighted by Crippen LogP contribution is -2.32. The van der Waals surface area contributed by atoms with Crippen molar-refractivity contribution in [2.75, 3.05) is 11.4 Å². The normalized spacial score (nSPS) is 15.1. The van der Waals surface area contributed by atoms with Gasteiger partial charge in [-0.1, -0.05) is 60.7 Å². The molecule has 1 aliphatic heterocycles. The average molecular weight is 380 g/mol. The molecule has 4 rings (SSSR count). The van der Waals surface area contributed by atoms with Gasteiger partial charge in [-0.15, -0.1) is 0 Å². The number of para-hydroxylation sites is 2. The first-order valence-electron chi connectivity index (χ1n) is 10.3. The minimum absolute atomic E-state index is 0.975. The van der Waals surface area contributed by atoms with E-state index in [9.17, 15) is 0 Å². The van der Waals surface area contributed by atoms with Gasteiger partial charge >= 0.3 is 0 Å². The molecule has 0 spiro atoms. The van der Waals surface area contributed by atoms with Gasteiger partial charge in [-0.2, -0.15) is 4.57 Å². The Bertz CT molecular complexity index is 1130. The number of aromatic nitrogens is 1. The average Bonchev–Trinajstić information content (AvgIpc) is 2.78. The molecule has 0 aliphatic carbocycles. The molecule has 0 bridgehead atoms. The molecule has 0 saturated heterocycles. The van der Waals surface area contributed by atoms with Crippen LogP contribution in [-0.4, -0.2) is 6.54 Å². The Morgan fingerprint density at radius 1 is 0.897 bits per heavy atom. The fraction of sp³-hybridized carbons (Fsp3) is 0.148. The fourth-order valence-electron chi connectivity index (χ4n) is 3.84. The standard InChI is InChI=1S/C27H27N2/c1-3-28-20-18-22(24-14-8-10-16-26(24)28)12-6-5-7-13-23-19-21-29(4-2)27-17-11-9-15-25(23)27/h5-21H,3-4H2,1-2H3/q+1. The SMILES string of the molecule is CCN1C=CC(=CC=CC=Cc2cc[n+](CC)c3ccccc23)c2ccccc21. The van der Waals surface area contributed by atoms with Gasteiger partial charge in [0.05, 0.1) is 5.39 Å². The van der Waals surface area contributed by atoms with Crippen molar-refractivity contribution in [3.05, 3.63) is 109 Å². The lowest BCUT2D eigenvalue weighted by atomic mass is 9.99. The van der Waals surface area contributed by atoms with Gasteiger partial charge in [-0.05, 0) is 43.2 Å². The van der Waals surface area contributed by atoms with Crippen molar-refractivity contribution in [1.29, 1.82) is 0 Å². The first kappa shape index (κ1) is 18.9. The number of hydrogen-bond acceptors (Lipinski definition) is 1. The molecule has 2 heteroatoms. The largest absolute Gasteiger partial charge is 0.348 e. The lowest BCUT2D eigenvalue weighted by Gasteiger charge is -2.26. The van der Waals surface area contributed by atoms with Crippen LogP contribution in [0.15, 0.2) is 97.4 Å². The second-order valence-electron chi connectivity index (χ2n) is 7.06. The van der Waals surface area contributed by atoms with E-state index < -0.39 is 0 Å². The van der Waals surface area contributed by atoms with Crippen molar-refractivity contribution in [1.82, 2.24) is 0 Å². The van der Waals surface area contributed by atoms with E-state index in [2.05, 4.69) is 127 Å². The number of allylic oxidation sites excluding steroid dienone is 6. The van der Waals surface area contributed by atoms with Crippen molar-refractivity contribution in [3.63, 3.8) is 0 Å². The van der Waals surface area contributed by atoms with Crippen molar-refractivity contribution < 1.29 is 4.57 Å². The summed E-state index contributed by atoms with van der Waals surface area (Å²) >= 11 is 0. The third-order valence-electron chi connectivity index (χ3n) is 5.37. The van der Waals surface area contributed by atoms with Crippen molar-refractivity contribution in [2.24, 2.45) is 0 Å². The van der Waals surface area contributed by atoms with Crippen molar-refractivity contribution in [2.45, 2.75) is 20.4 Å². The van der Waals surface area contributed by atoms with Gasteiger partial charge in [0.2, 0.25) is 5.52 Å². The molecule has 2 nitrogen and oxygen atoms in total. The van der Waals surface area contributed by atoms with Gasteiger partial charge in [-0.25, -0.2) is 0 Å². The molecular weight excluding hydrogens is 352 g/mol. The Labute approximate surface area is 173 Å². The summed E-state index contributed by atoms with van der Waals surface area (Å²) in [6.45, 7) is 6.30. The van der Waals surface area contributed by atoms with E-state index in [1.165, 1.54) is 33.3 Å². The molecule has 0 unspecified atom stereocenters. The number of aryl methyl sites for hydroxylation is 1. The van der Waals surface area contributed by atoms with E-state index in [1.807, 2.05) is 0 Å². The molecule has 0 N–H and O–H groups in total. The van der Waals surface area contributed by atoms with E-state index in [0.29, 0.717) is 0 Å². The lowest BCUT2D eigenvalue weighted by molar-refractivity contribution is -0.667. The summed E-state index contributed by atoms with van der Waals surface area (Å²) < 4.78 is 2.28. The van der Waals surface area contributed by atoms with Crippen molar-refractivity contribution in [3.8, 4) is 0 Å². The molecule has 3 aromatic rings. The number of pyridine rings is 1. The van der Waals surface area contributed by atoms with E-state index >= 15 is 0 Å². The van der Waals surface area contributed by atoms with Gasteiger partial charge < -0.3 is 4.90 Å². The Morgan fingerprint density at radius 2 is 1.72 bits per heavy atom. The molecule has 144 valence electrons. The smallest absolute Gasteiger partial charge is 0.213 e. The Hall–Kier alpha value is -3.39. The highest BCUT2D eigenvalue weighted by molar-refractivity contribution is 5.87. The summed E-state index contributed by atoms with van der Waals surface area (Å²) in [6, 6.07) is 19.3. The van der Waals surface area contributed by atoms with E-state index in [1.54, 1.807) is 0 Å². The van der Waals surface area contributed by atoms with E-state index in [0.717, 1.165) is 13.1 Å². The van der Waals surface area contributed by atoms with Crippen LogP contribution in [-0.2, 0) is 6.54 Å². The molecule has 1 aromatic heterocycles. The highest BCUT2D eigenvalue weighted by Gasteiger charge is 2.13. The molecule has 2 aromatic carbocycles. The van der Waals surface area contributed by atoms with E-state index in [-0.39, 0.29) is 0 Å². The first-order chi connectivity index (χ1) is 14.3. The minimum atomic E-state index is 0.975. The predicted octanol–water partition coefficient (Wildman–Crippen LogP) is 6.15. The summed E-state index contributed by atoms with van der Waals surface area (Å²) in [7, 11) is 0. The molecule has 1 aliphatic rings. The van der Waals surface area contributed by atoms with Crippen LogP contribution >= 0.6 is 0 Å². The number of hydrogen-bond donors (Lipinski definition) is 0. The van der Waals surface area contributed by atoms with Crippen LogP contribution in [0.4, 0.5) is 5.69 Å². The third-order valence-corrected chi connectivity index (χ3v) is 5.37. The zero-order chi connectivity index (χ0) is 20.1. The van der Waals surface area contributed by atoms with Crippen molar-refractivity contribution >= 4 is 28.2 Å². The molecule has 2 heterocycles. The number of nitrogens with zero attached hydrogens (tertiary/aromatic N) is 2. The molecule has 0 amide bonds. The summed E-state index contributed by atoms with van der Waals surface area (Å²) in [5.74, 6) is 0. The topological polar surface area (TPSA) is 7.12 Å². The quantitative estimate of drug-likeness (QED) is 0.381. The Balaban J connectivity index is 1.56. The Morgan fingerprint density at radius 3 is 2.59 bits per heavy atom. The number of anilines is 1. The van der Waals surface area contributed by atoms with Gasteiger partial charge in [0, 0.05) is 36.1 Å². The van der Waals surface area contributed by atoms with Gasteiger partial charge in [0.15, 0.2) is 6.20 Å². The summed E-state index contributed by atoms with van der Waals surface area (Å²) in [6.07, 6.45) is 17.2. The maximum absolute atomic E-state index is 2.28. The number of benzene rings is 2. The number of fused-ring (bicyclic) bond motifs is 2. The molecule has 29 heavy (non-hydrogen) atoms. The molecule has 0 atom stereocenters. The highest BCUT2D eigenvalue weighted by atomic mass is 15.1. The van der Waals surface area contributed by atoms with Crippen LogP contribution < -0.4 is 9.47 Å². The zero-order valence-electron chi connectivity index (χ0n) is 17.1. The monoisotopic (exact) mass is 379 g/mol. The van der Waals surface area contributed by atoms with Gasteiger partial charge in [0.1, 0.15) is 6.54 Å². The maximum Gasteiger partial charge on any atom is 0.213 e. The summed E-state index contributed by atoms with van der Waals surface area (Å²) in [5, 5.41) is 1.28. The maximum atomic E-state index is 2.28. The predicted molar refractivity (Wildman–Crippen MR) is 125 cm³/mol. The van der Waals surface area contributed by atoms with Crippen LogP contribution in [0.1, 0.15) is 25.0 Å². The molecule has 0 radical (unpaired) electrons. The summed E-state index contributed by atoms with van der Waals surface area (Å²) in [5.41, 5.74) is 6.30. The zero-order valence-corrected chi connectivity index (χ0v) is 17.1.